The number of halogens is 4. The van der Waals surface area contributed by atoms with E-state index < -0.39 is 5.97 Å². The molecule has 0 atom stereocenters. The fourth-order valence-corrected chi connectivity index (χ4v) is 3.34. The molecule has 2 rings (SSSR count). The largest absolute Gasteiger partial charge is 0.477 e. The van der Waals surface area contributed by atoms with Crippen molar-refractivity contribution < 1.29 is 9.90 Å². The van der Waals surface area contributed by atoms with E-state index in [1.54, 1.807) is 11.4 Å². The smallest absolute Gasteiger partial charge is 0.346 e. The first kappa shape index (κ1) is 14.0. The maximum absolute atomic E-state index is 11.1. The Bertz CT molecular complexity index is 636. The van der Waals surface area contributed by atoms with E-state index in [4.69, 9.17) is 51.5 Å². The fourth-order valence-electron chi connectivity index (χ4n) is 1.48. The van der Waals surface area contributed by atoms with Crippen molar-refractivity contribution in [2.45, 2.75) is 0 Å². The third-order valence-corrected chi connectivity index (χ3v) is 4.71. The normalized spacial score (nSPS) is 10.7. The molecule has 1 N–H and O–H groups in total. The number of benzene rings is 1. The quantitative estimate of drug-likeness (QED) is 0.559. The van der Waals surface area contributed by atoms with Crippen LogP contribution >= 0.6 is 57.7 Å². The number of carboxylic acid groups (broad SMARTS) is 1. The van der Waals surface area contributed by atoms with E-state index >= 15 is 0 Å². The third kappa shape index (κ3) is 2.33. The van der Waals surface area contributed by atoms with E-state index in [2.05, 4.69) is 0 Å². The Morgan fingerprint density at radius 3 is 2.39 bits per heavy atom. The summed E-state index contributed by atoms with van der Waals surface area (Å²) in [6.45, 7) is 0. The Balaban J connectivity index is 2.75. The Labute approximate surface area is 127 Å². The van der Waals surface area contributed by atoms with Crippen molar-refractivity contribution in [1.29, 1.82) is 0 Å². The molecule has 2 aromatic rings. The summed E-state index contributed by atoms with van der Waals surface area (Å²) in [6, 6.07) is 3.07. The molecule has 1 aromatic carbocycles. The van der Waals surface area contributed by atoms with Gasteiger partial charge in [0, 0.05) is 11.1 Å². The second-order valence-corrected chi connectivity index (χ2v) is 5.80. The second-order valence-electron chi connectivity index (χ2n) is 3.31. The van der Waals surface area contributed by atoms with Gasteiger partial charge in [0.2, 0.25) is 0 Å². The van der Waals surface area contributed by atoms with Crippen molar-refractivity contribution in [1.82, 2.24) is 0 Å². The maximum atomic E-state index is 11.1. The molecule has 1 heterocycles. The zero-order valence-corrected chi connectivity index (χ0v) is 12.3. The molecule has 1 aromatic heterocycles. The molecule has 0 aliphatic rings. The van der Waals surface area contributed by atoms with E-state index in [1.165, 1.54) is 6.07 Å². The zero-order chi connectivity index (χ0) is 13.4. The number of rotatable bonds is 2. The predicted octanol–water partition coefficient (Wildman–Crippen LogP) is 5.73. The molecule has 0 spiro atoms. The van der Waals surface area contributed by atoms with Crippen LogP contribution < -0.4 is 0 Å². The van der Waals surface area contributed by atoms with Crippen LogP contribution in [0.3, 0.4) is 0 Å². The van der Waals surface area contributed by atoms with Gasteiger partial charge in [0.05, 0.1) is 20.1 Å². The highest BCUT2D eigenvalue weighted by molar-refractivity contribution is 7.12. The first-order valence-corrected chi connectivity index (χ1v) is 6.96. The summed E-state index contributed by atoms with van der Waals surface area (Å²) in [5, 5.41) is 11.5. The molecule has 0 radical (unpaired) electrons. The highest BCUT2D eigenvalue weighted by atomic mass is 35.5. The van der Waals surface area contributed by atoms with E-state index in [1.807, 2.05) is 0 Å². The monoisotopic (exact) mass is 340 g/mol. The van der Waals surface area contributed by atoms with Crippen LogP contribution in [0.25, 0.3) is 11.1 Å². The van der Waals surface area contributed by atoms with E-state index in [-0.39, 0.29) is 25.0 Å². The summed E-state index contributed by atoms with van der Waals surface area (Å²) in [4.78, 5) is 11.2. The number of hydrogen-bond acceptors (Lipinski definition) is 2. The van der Waals surface area contributed by atoms with Gasteiger partial charge < -0.3 is 5.11 Å². The number of carbonyl (C=O) groups is 1. The van der Waals surface area contributed by atoms with Crippen LogP contribution in [0.4, 0.5) is 0 Å². The van der Waals surface area contributed by atoms with Crippen molar-refractivity contribution >= 4 is 63.7 Å². The molecule has 0 aliphatic carbocycles. The molecular formula is C11H4Cl4O2S. The molecule has 0 saturated carbocycles. The average Bonchev–Trinajstić information content (AvgIpc) is 2.75. The number of thiophene rings is 1. The van der Waals surface area contributed by atoms with Crippen LogP contribution in [0, 0.1) is 0 Å². The molecule has 0 saturated heterocycles. The molecule has 18 heavy (non-hydrogen) atoms. The van der Waals surface area contributed by atoms with Gasteiger partial charge in [0.1, 0.15) is 4.88 Å². The third-order valence-electron chi connectivity index (χ3n) is 2.24. The lowest BCUT2D eigenvalue weighted by Crippen LogP contribution is -1.95. The molecule has 0 fully saturated rings. The summed E-state index contributed by atoms with van der Waals surface area (Å²) in [6.07, 6.45) is 0. The Hall–Kier alpha value is -0.450. The van der Waals surface area contributed by atoms with E-state index in [9.17, 15) is 4.79 Å². The standard InChI is InChI=1S/C11H4Cl4O2S/c12-5-3-6(13)8(14)9(15)7(5)4-1-2-18-10(4)11(16)17/h1-3H,(H,16,17). The zero-order valence-electron chi connectivity index (χ0n) is 8.51. The molecule has 0 bridgehead atoms. The van der Waals surface area contributed by atoms with Gasteiger partial charge in [-0.05, 0) is 17.5 Å². The lowest BCUT2D eigenvalue weighted by atomic mass is 10.1. The molecule has 2 nitrogen and oxygen atoms in total. The van der Waals surface area contributed by atoms with Gasteiger partial charge in [0.25, 0.3) is 0 Å². The van der Waals surface area contributed by atoms with Crippen molar-refractivity contribution in [3.8, 4) is 11.1 Å². The molecule has 7 heteroatoms. The summed E-state index contributed by atoms with van der Waals surface area (Å²) in [5.41, 5.74) is 0.812. The van der Waals surface area contributed by atoms with Crippen LogP contribution in [-0.4, -0.2) is 11.1 Å². The Morgan fingerprint density at radius 1 is 1.11 bits per heavy atom. The van der Waals surface area contributed by atoms with Gasteiger partial charge in [-0.1, -0.05) is 46.4 Å². The number of hydrogen-bond donors (Lipinski definition) is 1. The number of carboxylic acids is 1. The lowest BCUT2D eigenvalue weighted by molar-refractivity contribution is 0.0703. The second kappa shape index (κ2) is 5.27. The maximum Gasteiger partial charge on any atom is 0.346 e. The van der Waals surface area contributed by atoms with Crippen LogP contribution in [-0.2, 0) is 0 Å². The van der Waals surface area contributed by atoms with Gasteiger partial charge in [-0.2, -0.15) is 0 Å². The molecular weight excluding hydrogens is 338 g/mol. The van der Waals surface area contributed by atoms with Gasteiger partial charge in [-0.15, -0.1) is 11.3 Å². The molecule has 94 valence electrons. The van der Waals surface area contributed by atoms with Crippen LogP contribution in [0.15, 0.2) is 17.5 Å². The summed E-state index contributed by atoms with van der Waals surface area (Å²) < 4.78 is 0. The first-order chi connectivity index (χ1) is 8.43. The molecule has 0 unspecified atom stereocenters. The van der Waals surface area contributed by atoms with Crippen molar-refractivity contribution in [3.05, 3.63) is 42.5 Å². The van der Waals surface area contributed by atoms with Gasteiger partial charge in [-0.25, -0.2) is 4.79 Å². The summed E-state index contributed by atoms with van der Waals surface area (Å²) in [5.74, 6) is -1.04. The molecule has 0 amide bonds. The van der Waals surface area contributed by atoms with Crippen LogP contribution in [0.5, 0.6) is 0 Å². The first-order valence-electron chi connectivity index (χ1n) is 4.57. The van der Waals surface area contributed by atoms with Crippen LogP contribution in [0.1, 0.15) is 9.67 Å². The fraction of sp³-hybridized carbons (Fsp3) is 0. The topological polar surface area (TPSA) is 37.3 Å². The minimum Gasteiger partial charge on any atom is -0.477 e. The number of aromatic carboxylic acids is 1. The lowest BCUT2D eigenvalue weighted by Gasteiger charge is -2.09. The van der Waals surface area contributed by atoms with Crippen molar-refractivity contribution in [2.75, 3.05) is 0 Å². The van der Waals surface area contributed by atoms with Gasteiger partial charge in [0.15, 0.2) is 0 Å². The minimum atomic E-state index is -1.04. The average molecular weight is 342 g/mol. The van der Waals surface area contributed by atoms with E-state index in [0.29, 0.717) is 11.1 Å². The summed E-state index contributed by atoms with van der Waals surface area (Å²) >= 11 is 25.0. The van der Waals surface area contributed by atoms with Gasteiger partial charge >= 0.3 is 5.97 Å². The predicted molar refractivity (Wildman–Crippen MR) is 76.8 cm³/mol. The van der Waals surface area contributed by atoms with Crippen molar-refractivity contribution in [3.63, 3.8) is 0 Å². The Morgan fingerprint density at radius 2 is 1.78 bits per heavy atom. The van der Waals surface area contributed by atoms with Crippen LogP contribution in [0.2, 0.25) is 20.1 Å². The van der Waals surface area contributed by atoms with Gasteiger partial charge in [-0.3, -0.25) is 0 Å². The SMILES string of the molecule is O=C(O)c1sccc1-c1c(Cl)cc(Cl)c(Cl)c1Cl. The minimum absolute atomic E-state index is 0.148. The van der Waals surface area contributed by atoms with Crippen molar-refractivity contribution in [2.24, 2.45) is 0 Å². The highest BCUT2D eigenvalue weighted by Crippen LogP contribution is 2.44. The Kier molecular flexibility index (Phi) is 4.09. The molecule has 0 aliphatic heterocycles. The highest BCUT2D eigenvalue weighted by Gasteiger charge is 2.21. The van der Waals surface area contributed by atoms with E-state index in [0.717, 1.165) is 11.3 Å². The summed E-state index contributed by atoms with van der Waals surface area (Å²) in [7, 11) is 0.